The second-order valence-electron chi connectivity index (χ2n) is 20.1. The molecule has 0 radical (unpaired) electrons. The van der Waals surface area contributed by atoms with Crippen molar-refractivity contribution < 1.29 is 62.6 Å². The first-order chi connectivity index (χ1) is 37.5. The predicted octanol–water partition coefficient (Wildman–Crippen LogP) is -4.79. The number of rotatable bonds is 37. The van der Waals surface area contributed by atoms with Crippen molar-refractivity contribution in [2.45, 2.75) is 161 Å². The van der Waals surface area contributed by atoms with E-state index in [2.05, 4.69) is 58.2 Å². The van der Waals surface area contributed by atoms with Crippen LogP contribution in [0.5, 0.6) is 0 Å². The maximum absolute atomic E-state index is 13.9. The number of amides is 11. The number of carboxylic acids is 1. The van der Waals surface area contributed by atoms with Gasteiger partial charge in [-0.15, -0.1) is 0 Å². The third kappa shape index (κ3) is 26.6. The molecule has 21 N–H and O–H groups in total. The van der Waals surface area contributed by atoms with Crippen molar-refractivity contribution in [1.29, 1.82) is 0 Å². The lowest BCUT2D eigenvalue weighted by Gasteiger charge is -2.29. The van der Waals surface area contributed by atoms with Crippen LogP contribution in [0.15, 0.2) is 35.3 Å². The van der Waals surface area contributed by atoms with Crippen LogP contribution in [0, 0.1) is 17.8 Å². The molecule has 0 saturated carbocycles. The molecular weight excluding hydrogens is 1040 g/mol. The molecule has 0 unspecified atom stereocenters. The summed E-state index contributed by atoms with van der Waals surface area (Å²) in [6.07, 6.45) is 0.728. The van der Waals surface area contributed by atoms with Gasteiger partial charge in [-0.1, -0.05) is 78.3 Å². The van der Waals surface area contributed by atoms with Gasteiger partial charge in [-0.25, -0.2) is 4.79 Å². The van der Waals surface area contributed by atoms with Crippen LogP contribution in [-0.4, -0.2) is 163 Å². The van der Waals surface area contributed by atoms with Gasteiger partial charge in [-0.05, 0) is 75.8 Å². The van der Waals surface area contributed by atoms with E-state index in [0.29, 0.717) is 31.4 Å². The zero-order valence-corrected chi connectivity index (χ0v) is 47.0. The molecule has 0 aliphatic heterocycles. The summed E-state index contributed by atoms with van der Waals surface area (Å²) in [7, 11) is 0. The third-order valence-corrected chi connectivity index (χ3v) is 12.4. The van der Waals surface area contributed by atoms with Crippen molar-refractivity contribution in [3.05, 3.63) is 35.9 Å². The minimum Gasteiger partial charge on any atom is -0.480 e. The molecule has 10 atom stereocenters. The first-order valence-electron chi connectivity index (χ1n) is 26.5. The van der Waals surface area contributed by atoms with E-state index in [1.807, 2.05) is 0 Å². The van der Waals surface area contributed by atoms with Crippen molar-refractivity contribution in [2.75, 3.05) is 26.2 Å². The minimum atomic E-state index is -1.68. The molecule has 80 heavy (non-hydrogen) atoms. The van der Waals surface area contributed by atoms with Gasteiger partial charge in [0.2, 0.25) is 65.0 Å². The predicted molar refractivity (Wildman–Crippen MR) is 294 cm³/mol. The molecule has 448 valence electrons. The number of guanidine groups is 1. The van der Waals surface area contributed by atoms with E-state index in [-0.39, 0.29) is 38.2 Å². The standard InChI is InChI=1S/C51H86N16O13/c1-9-28(6)41(67-43(72)30(8)60-47(76)39(26(2)3)66-46(75)32(18-13-14-20-52)63-48(77)40(27(4)5)65-42(71)29(7)53)49(78)64-35(23-36(54)68)45(74)59-25-38(70)62-34(22-31-16-11-10-12-17-31)44(73)58-24-37(69)61-33(50(79)80)19-15-21-57-51(55)56/h10-12,16-17,26-30,32-35,39-41H,9,13-15,18-25,52-53H2,1-8H3,(H2,54,68)(H,58,73)(H,59,74)(H,60,76)(H,61,69)(H,62,70)(H,63,77)(H,64,78)(H,65,71)(H,66,75)(H,67,72)(H,79,80)(H4,55,56,57)/t28-,29-,30-,32-,33-,34-,35-,39-,40-,41-/m0/s1. The Balaban J connectivity index is 3.17. The molecule has 0 aliphatic carbocycles. The van der Waals surface area contributed by atoms with Crippen molar-refractivity contribution >= 4 is 76.9 Å². The second-order valence-corrected chi connectivity index (χ2v) is 20.1. The Hall–Kier alpha value is -7.95. The summed E-state index contributed by atoms with van der Waals surface area (Å²) in [6, 6.07) is -2.94. The number of benzene rings is 1. The van der Waals surface area contributed by atoms with E-state index in [0.717, 1.165) is 0 Å². The highest BCUT2D eigenvalue weighted by Crippen LogP contribution is 2.12. The number of primary amides is 1. The maximum atomic E-state index is 13.9. The highest BCUT2D eigenvalue weighted by atomic mass is 16.4. The quantitative estimate of drug-likeness (QED) is 0.0169. The molecule has 29 nitrogen and oxygen atoms in total. The van der Waals surface area contributed by atoms with Gasteiger partial charge in [0.1, 0.15) is 48.3 Å². The molecule has 0 bridgehead atoms. The number of nitrogens with two attached hydrogens (primary N) is 5. The summed E-state index contributed by atoms with van der Waals surface area (Å²) in [5.74, 6) is -12.3. The monoisotopic (exact) mass is 1130 g/mol. The summed E-state index contributed by atoms with van der Waals surface area (Å²) in [5.41, 5.74) is 28.0. The minimum absolute atomic E-state index is 0.0282. The first kappa shape index (κ1) is 70.1. The number of hydrogen-bond acceptors (Lipinski definition) is 15. The fourth-order valence-electron chi connectivity index (χ4n) is 7.54. The third-order valence-electron chi connectivity index (χ3n) is 12.4. The van der Waals surface area contributed by atoms with Gasteiger partial charge in [0.15, 0.2) is 5.96 Å². The molecule has 0 spiro atoms. The van der Waals surface area contributed by atoms with Gasteiger partial charge in [-0.2, -0.15) is 0 Å². The number of carbonyl (C=O) groups excluding carboxylic acids is 11. The summed E-state index contributed by atoms with van der Waals surface area (Å²) in [6.45, 7) is 11.8. The lowest BCUT2D eigenvalue weighted by molar-refractivity contribution is -0.142. The van der Waals surface area contributed by atoms with E-state index in [4.69, 9.17) is 28.7 Å². The topological polar surface area (TPSA) is 488 Å². The Morgan fingerprint density at radius 2 is 1.02 bits per heavy atom. The molecule has 0 heterocycles. The summed E-state index contributed by atoms with van der Waals surface area (Å²) in [4.78, 5) is 162. The normalized spacial score (nSPS) is 14.8. The Bertz CT molecular complexity index is 2300. The molecule has 29 heteroatoms. The van der Waals surface area contributed by atoms with Crippen molar-refractivity contribution in [3.63, 3.8) is 0 Å². The van der Waals surface area contributed by atoms with Gasteiger partial charge < -0.3 is 86.9 Å². The van der Waals surface area contributed by atoms with Crippen molar-refractivity contribution in [3.8, 4) is 0 Å². The zero-order valence-electron chi connectivity index (χ0n) is 47.0. The first-order valence-corrected chi connectivity index (χ1v) is 26.5. The highest BCUT2D eigenvalue weighted by Gasteiger charge is 2.36. The van der Waals surface area contributed by atoms with E-state index >= 15 is 0 Å². The smallest absolute Gasteiger partial charge is 0.326 e. The van der Waals surface area contributed by atoms with E-state index in [1.165, 1.54) is 13.8 Å². The largest absolute Gasteiger partial charge is 0.480 e. The lowest BCUT2D eigenvalue weighted by atomic mass is 9.97. The number of aliphatic carboxylic acids is 1. The Labute approximate surface area is 466 Å². The number of aliphatic imine (C=N–C) groups is 1. The van der Waals surface area contributed by atoms with Crippen LogP contribution in [0.4, 0.5) is 0 Å². The van der Waals surface area contributed by atoms with Crippen LogP contribution >= 0.6 is 0 Å². The van der Waals surface area contributed by atoms with E-state index in [1.54, 1.807) is 71.9 Å². The van der Waals surface area contributed by atoms with Crippen LogP contribution in [0.1, 0.15) is 106 Å². The fraction of sp³-hybridized carbons (Fsp3) is 0.627. The van der Waals surface area contributed by atoms with Crippen molar-refractivity contribution in [2.24, 2.45) is 51.4 Å². The second kappa shape index (κ2) is 36.3. The molecule has 11 amide bonds. The van der Waals surface area contributed by atoms with Crippen LogP contribution in [0.3, 0.4) is 0 Å². The van der Waals surface area contributed by atoms with Gasteiger partial charge in [0.05, 0.1) is 25.6 Å². The lowest BCUT2D eigenvalue weighted by Crippen LogP contribution is -2.61. The Morgan fingerprint density at radius 1 is 0.537 bits per heavy atom. The number of unbranched alkanes of at least 4 members (excludes halogenated alkanes) is 1. The number of nitrogens with zero attached hydrogens (tertiary/aromatic N) is 1. The molecule has 1 rings (SSSR count). The zero-order chi connectivity index (χ0) is 60.8. The number of carbonyl (C=O) groups is 12. The Kier molecular flexibility index (Phi) is 31.8. The molecule has 0 aliphatic rings. The molecule has 0 saturated heterocycles. The summed E-state index contributed by atoms with van der Waals surface area (Å²) < 4.78 is 0. The van der Waals surface area contributed by atoms with Gasteiger partial charge in [0, 0.05) is 13.0 Å². The van der Waals surface area contributed by atoms with Crippen LogP contribution in [0.2, 0.25) is 0 Å². The Morgan fingerprint density at radius 3 is 1.52 bits per heavy atom. The summed E-state index contributed by atoms with van der Waals surface area (Å²) in [5, 5.41) is 34.5. The molecule has 1 aromatic rings. The van der Waals surface area contributed by atoms with Crippen LogP contribution in [-0.2, 0) is 64.0 Å². The average molecular weight is 1130 g/mol. The number of nitrogens with one attached hydrogen (secondary N) is 10. The molecule has 0 fully saturated rings. The molecule has 0 aromatic heterocycles. The van der Waals surface area contributed by atoms with Crippen LogP contribution < -0.4 is 81.8 Å². The van der Waals surface area contributed by atoms with Crippen molar-refractivity contribution in [1.82, 2.24) is 53.2 Å². The van der Waals surface area contributed by atoms with Gasteiger partial charge >= 0.3 is 5.97 Å². The van der Waals surface area contributed by atoms with E-state index in [9.17, 15) is 62.6 Å². The maximum Gasteiger partial charge on any atom is 0.326 e. The highest BCUT2D eigenvalue weighted by molar-refractivity contribution is 5.99. The van der Waals surface area contributed by atoms with Gasteiger partial charge in [-0.3, -0.25) is 57.7 Å². The van der Waals surface area contributed by atoms with Crippen LogP contribution in [0.25, 0.3) is 0 Å². The molecule has 1 aromatic carbocycles. The molecular formula is C51H86N16O13. The van der Waals surface area contributed by atoms with E-state index < -0.39 is 163 Å². The SMILES string of the molecule is CC[C@H](C)[C@H](NC(=O)[C@H](C)NC(=O)[C@@H](NC(=O)[C@H](CCCCN)NC(=O)[C@@H](NC(=O)[C@H](C)N)C(C)C)C(C)C)C(=O)N[C@@H](CC(N)=O)C(=O)NCC(=O)N[C@@H](Cc1ccccc1)C(=O)NCC(=O)N[C@@H](CCCN=C(N)N)C(=O)O. The fourth-order valence-corrected chi connectivity index (χ4v) is 7.54. The average Bonchev–Trinajstić information content (AvgIpc) is 3.39. The summed E-state index contributed by atoms with van der Waals surface area (Å²) >= 11 is 0. The number of hydrogen-bond donors (Lipinski definition) is 16. The number of carboxylic acid groups (broad SMARTS) is 1. The van der Waals surface area contributed by atoms with Gasteiger partial charge in [0.25, 0.3) is 0 Å².